The second-order valence-corrected chi connectivity index (χ2v) is 7.49. The van der Waals surface area contributed by atoms with E-state index in [1.54, 1.807) is 12.1 Å². The van der Waals surface area contributed by atoms with Crippen LogP contribution in [-0.2, 0) is 6.61 Å². The van der Waals surface area contributed by atoms with E-state index in [2.05, 4.69) is 9.88 Å². The number of nitrogens with zero attached hydrogens (tertiary/aromatic N) is 3. The highest BCUT2D eigenvalue weighted by atomic mass is 19.1. The molecule has 4 rings (SSSR count). The molecule has 0 spiro atoms. The Morgan fingerprint density at radius 3 is 2.86 bits per heavy atom. The Morgan fingerprint density at radius 1 is 1.18 bits per heavy atom. The number of aromatic nitrogens is 1. The molecule has 0 unspecified atom stereocenters. The van der Waals surface area contributed by atoms with Crippen LogP contribution < -0.4 is 4.74 Å². The van der Waals surface area contributed by atoms with Crippen molar-refractivity contribution in [3.63, 3.8) is 0 Å². The van der Waals surface area contributed by atoms with Crippen LogP contribution in [0.5, 0.6) is 5.75 Å². The Kier molecular flexibility index (Phi) is 5.90. The van der Waals surface area contributed by atoms with Gasteiger partial charge in [-0.25, -0.2) is 9.37 Å². The minimum atomic E-state index is -0.367. The van der Waals surface area contributed by atoms with Crippen molar-refractivity contribution in [1.29, 1.82) is 0 Å². The molecule has 150 valence electrons. The summed E-state index contributed by atoms with van der Waals surface area (Å²) in [5.41, 5.74) is 0.298. The molecule has 0 N–H and O–H groups in total. The quantitative estimate of drug-likeness (QED) is 0.786. The molecule has 1 amide bonds. The molecule has 0 atom stereocenters. The van der Waals surface area contributed by atoms with E-state index in [0.29, 0.717) is 23.4 Å². The second-order valence-electron chi connectivity index (χ2n) is 7.49. The van der Waals surface area contributed by atoms with Crippen molar-refractivity contribution in [2.45, 2.75) is 44.8 Å². The molecule has 2 heterocycles. The zero-order chi connectivity index (χ0) is 19.3. The van der Waals surface area contributed by atoms with Gasteiger partial charge in [-0.3, -0.25) is 9.69 Å². The zero-order valence-corrected chi connectivity index (χ0v) is 16.0. The Morgan fingerprint density at radius 2 is 2.04 bits per heavy atom. The molecule has 1 aromatic carbocycles. The molecule has 1 saturated heterocycles. The van der Waals surface area contributed by atoms with Crippen LogP contribution >= 0.6 is 0 Å². The number of hydrogen-bond acceptors (Lipinski definition) is 5. The van der Waals surface area contributed by atoms with E-state index in [9.17, 15) is 9.18 Å². The molecule has 1 saturated carbocycles. The van der Waals surface area contributed by atoms with Gasteiger partial charge in [0, 0.05) is 38.3 Å². The van der Waals surface area contributed by atoms with Crippen LogP contribution in [0.1, 0.15) is 48.5 Å². The Bertz CT molecular complexity index is 804. The standard InChI is InChI=1S/C21H26FN3O3/c22-16-5-3-8-18(13-16)27-15-20-23-19(14-28-20)21(26)25-10-4-9-24(11-12-25)17-6-1-2-7-17/h3,5,8,13-14,17H,1-2,4,6-7,9-12,15H2. The lowest BCUT2D eigenvalue weighted by Crippen LogP contribution is -2.38. The summed E-state index contributed by atoms with van der Waals surface area (Å²) < 4.78 is 24.0. The number of oxazole rings is 1. The van der Waals surface area contributed by atoms with E-state index >= 15 is 0 Å². The van der Waals surface area contributed by atoms with Crippen LogP contribution in [0.2, 0.25) is 0 Å². The van der Waals surface area contributed by atoms with Crippen molar-refractivity contribution in [1.82, 2.24) is 14.8 Å². The number of carbonyl (C=O) groups is 1. The van der Waals surface area contributed by atoms with Gasteiger partial charge in [0.2, 0.25) is 5.89 Å². The highest BCUT2D eigenvalue weighted by Crippen LogP contribution is 2.24. The lowest BCUT2D eigenvalue weighted by Gasteiger charge is -2.27. The predicted molar refractivity (Wildman–Crippen MR) is 102 cm³/mol. The first-order chi connectivity index (χ1) is 13.7. The third-order valence-electron chi connectivity index (χ3n) is 5.59. The number of halogens is 1. The average Bonchev–Trinajstić information content (AvgIpc) is 3.34. The fourth-order valence-corrected chi connectivity index (χ4v) is 4.11. The fourth-order valence-electron chi connectivity index (χ4n) is 4.11. The number of rotatable bonds is 5. The normalized spacial score (nSPS) is 19.0. The summed E-state index contributed by atoms with van der Waals surface area (Å²) in [6.45, 7) is 3.48. The van der Waals surface area contributed by atoms with E-state index in [0.717, 1.165) is 32.6 Å². The smallest absolute Gasteiger partial charge is 0.275 e. The minimum absolute atomic E-state index is 0.0478. The number of ether oxygens (including phenoxy) is 1. The summed E-state index contributed by atoms with van der Waals surface area (Å²) in [7, 11) is 0. The monoisotopic (exact) mass is 387 g/mol. The van der Waals surface area contributed by atoms with E-state index in [1.807, 2.05) is 4.90 Å². The van der Waals surface area contributed by atoms with Crippen LogP contribution in [0.3, 0.4) is 0 Å². The van der Waals surface area contributed by atoms with Crippen molar-refractivity contribution < 1.29 is 18.3 Å². The van der Waals surface area contributed by atoms with Crippen LogP contribution in [0.4, 0.5) is 4.39 Å². The molecule has 2 aliphatic rings. The Balaban J connectivity index is 1.32. The van der Waals surface area contributed by atoms with Gasteiger partial charge < -0.3 is 14.1 Å². The third kappa shape index (κ3) is 4.52. The van der Waals surface area contributed by atoms with Gasteiger partial charge in [0.25, 0.3) is 5.91 Å². The molecule has 1 aliphatic heterocycles. The summed E-state index contributed by atoms with van der Waals surface area (Å²) >= 11 is 0. The lowest BCUT2D eigenvalue weighted by molar-refractivity contribution is 0.0752. The number of benzene rings is 1. The fraction of sp³-hybridized carbons (Fsp3) is 0.524. The first-order valence-corrected chi connectivity index (χ1v) is 10.0. The maximum atomic E-state index is 13.2. The molecule has 2 fully saturated rings. The SMILES string of the molecule is O=C(c1coc(COc2cccc(F)c2)n1)N1CCCN(C2CCCC2)CC1. The van der Waals surface area contributed by atoms with Gasteiger partial charge in [-0.05, 0) is 31.4 Å². The zero-order valence-electron chi connectivity index (χ0n) is 16.0. The molecule has 28 heavy (non-hydrogen) atoms. The van der Waals surface area contributed by atoms with Crippen molar-refractivity contribution >= 4 is 5.91 Å². The summed E-state index contributed by atoms with van der Waals surface area (Å²) in [6.07, 6.45) is 7.58. The van der Waals surface area contributed by atoms with Crippen molar-refractivity contribution in [2.75, 3.05) is 26.2 Å². The molecule has 2 aromatic rings. The van der Waals surface area contributed by atoms with Gasteiger partial charge in [0.1, 0.15) is 17.8 Å². The number of hydrogen-bond donors (Lipinski definition) is 0. The molecule has 6 nitrogen and oxygen atoms in total. The van der Waals surface area contributed by atoms with Crippen molar-refractivity contribution in [3.05, 3.63) is 47.9 Å². The van der Waals surface area contributed by atoms with E-state index in [4.69, 9.17) is 9.15 Å². The van der Waals surface area contributed by atoms with E-state index < -0.39 is 0 Å². The van der Waals surface area contributed by atoms with Crippen molar-refractivity contribution in [2.24, 2.45) is 0 Å². The van der Waals surface area contributed by atoms with E-state index in [1.165, 1.54) is 44.1 Å². The van der Waals surface area contributed by atoms with Gasteiger partial charge >= 0.3 is 0 Å². The summed E-state index contributed by atoms with van der Waals surface area (Å²) in [5, 5.41) is 0. The first kappa shape index (κ1) is 18.9. The first-order valence-electron chi connectivity index (χ1n) is 10.0. The molecular formula is C21H26FN3O3. The molecule has 1 aliphatic carbocycles. The topological polar surface area (TPSA) is 58.8 Å². The largest absolute Gasteiger partial charge is 0.484 e. The molecule has 7 heteroatoms. The number of carbonyl (C=O) groups excluding carboxylic acids is 1. The lowest BCUT2D eigenvalue weighted by atomic mass is 10.2. The van der Waals surface area contributed by atoms with Gasteiger partial charge in [0.15, 0.2) is 12.3 Å². The highest BCUT2D eigenvalue weighted by Gasteiger charge is 2.27. The maximum absolute atomic E-state index is 13.2. The second kappa shape index (κ2) is 8.73. The molecule has 1 aromatic heterocycles. The van der Waals surface area contributed by atoms with Gasteiger partial charge in [-0.1, -0.05) is 18.9 Å². The average molecular weight is 387 g/mol. The molecule has 0 bridgehead atoms. The Labute approximate surface area is 164 Å². The predicted octanol–water partition coefficient (Wildman–Crippen LogP) is 3.48. The third-order valence-corrected chi connectivity index (χ3v) is 5.59. The van der Waals surface area contributed by atoms with Crippen LogP contribution in [0.15, 0.2) is 34.9 Å². The maximum Gasteiger partial charge on any atom is 0.275 e. The van der Waals surface area contributed by atoms with Crippen LogP contribution in [0, 0.1) is 5.82 Å². The summed E-state index contributed by atoms with van der Waals surface area (Å²) in [6, 6.07) is 6.56. The van der Waals surface area contributed by atoms with Crippen LogP contribution in [0.25, 0.3) is 0 Å². The number of amides is 1. The summed E-state index contributed by atoms with van der Waals surface area (Å²) in [5.74, 6) is 0.225. The molecule has 0 radical (unpaired) electrons. The van der Waals surface area contributed by atoms with Gasteiger partial charge in [-0.15, -0.1) is 0 Å². The van der Waals surface area contributed by atoms with Gasteiger partial charge in [-0.2, -0.15) is 0 Å². The van der Waals surface area contributed by atoms with Gasteiger partial charge in [0.05, 0.1) is 0 Å². The van der Waals surface area contributed by atoms with E-state index in [-0.39, 0.29) is 18.3 Å². The minimum Gasteiger partial charge on any atom is -0.484 e. The van der Waals surface area contributed by atoms with Crippen LogP contribution in [-0.4, -0.2) is 52.9 Å². The summed E-state index contributed by atoms with van der Waals surface area (Å²) in [4.78, 5) is 21.5. The highest BCUT2D eigenvalue weighted by molar-refractivity contribution is 5.92. The van der Waals surface area contributed by atoms with Crippen molar-refractivity contribution in [3.8, 4) is 5.75 Å². The molecular weight excluding hydrogens is 361 g/mol. The Hall–Kier alpha value is -2.41.